The molecule has 1 rings (SSSR count). The second kappa shape index (κ2) is 3.91. The molecule has 0 aliphatic carbocycles. The first kappa shape index (κ1) is 7.99. The zero-order valence-corrected chi connectivity index (χ0v) is 6.16. The Bertz CT molecular complexity index is 233. The number of carboxylic acid groups (broad SMARTS) is 1. The second-order valence-corrected chi connectivity index (χ2v) is 2.38. The Morgan fingerprint density at radius 2 is 2.09 bits per heavy atom. The minimum absolute atomic E-state index is 0.212. The van der Waals surface area contributed by atoms with Gasteiger partial charge in [-0.3, -0.25) is 0 Å². The van der Waals surface area contributed by atoms with Gasteiger partial charge in [-0.2, -0.15) is 0 Å². The molecule has 1 aromatic rings. The van der Waals surface area contributed by atoms with Crippen molar-refractivity contribution in [2.24, 2.45) is 0 Å². The summed E-state index contributed by atoms with van der Waals surface area (Å²) in [6.45, 7) is 1.92. The zero-order chi connectivity index (χ0) is 8.10. The van der Waals surface area contributed by atoms with Crippen molar-refractivity contribution in [3.05, 3.63) is 29.6 Å². The summed E-state index contributed by atoms with van der Waals surface area (Å²) in [4.78, 5) is 10.2. The van der Waals surface area contributed by atoms with Crippen LogP contribution in [0.5, 0.6) is 0 Å². The zero-order valence-electron chi connectivity index (χ0n) is 6.16. The number of aryl methyl sites for hydroxylation is 1. The molecule has 0 aliphatic heterocycles. The normalized spacial score (nSPS) is 9.09. The van der Waals surface area contributed by atoms with E-state index in [0.717, 1.165) is 5.56 Å². The molecule has 0 amide bonds. The molecular weight excluding hydrogens is 139 g/mol. The average Bonchev–Trinajstić information content (AvgIpc) is 2.03. The fourth-order valence-corrected chi connectivity index (χ4v) is 0.896. The Morgan fingerprint density at radius 3 is 2.64 bits per heavy atom. The summed E-state index contributed by atoms with van der Waals surface area (Å²) in [6.07, 6.45) is 0.834. The molecule has 0 saturated heterocycles. The summed E-state index contributed by atoms with van der Waals surface area (Å²) in [5.41, 5.74) is 1.08. The molecule has 0 radical (unpaired) electrons. The van der Waals surface area contributed by atoms with Crippen molar-refractivity contribution in [2.45, 2.75) is 12.8 Å². The topological polar surface area (TPSA) is 37.3 Å². The quantitative estimate of drug-likeness (QED) is 0.695. The molecule has 0 spiro atoms. The number of rotatable bonds is 3. The standard InChI is InChI=1S/C8H9BO2/c10-8(11)2-1-7-3-5-9-6-4-7/h3-6H,1-2H2,(H,10,11). The van der Waals surface area contributed by atoms with Crippen LogP contribution >= 0.6 is 0 Å². The molecule has 56 valence electrons. The van der Waals surface area contributed by atoms with Gasteiger partial charge in [0.15, 0.2) is 0 Å². The number of carboxylic acids is 1. The molecule has 11 heavy (non-hydrogen) atoms. The van der Waals surface area contributed by atoms with Crippen LogP contribution in [0, 0.1) is 0 Å². The van der Waals surface area contributed by atoms with Crippen molar-refractivity contribution in [3.63, 3.8) is 0 Å². The van der Waals surface area contributed by atoms with Crippen molar-refractivity contribution in [1.29, 1.82) is 0 Å². The Morgan fingerprint density at radius 1 is 1.45 bits per heavy atom. The van der Waals surface area contributed by atoms with Gasteiger partial charge in [-0.25, -0.2) is 0 Å². The van der Waals surface area contributed by atoms with E-state index in [1.54, 1.807) is 0 Å². The first-order valence-electron chi connectivity index (χ1n) is 3.55. The molecule has 0 fully saturated rings. The van der Waals surface area contributed by atoms with Crippen LogP contribution in [-0.2, 0) is 11.2 Å². The third-order valence-electron chi connectivity index (χ3n) is 1.47. The minimum atomic E-state index is -0.742. The van der Waals surface area contributed by atoms with E-state index >= 15 is 0 Å². The van der Waals surface area contributed by atoms with Crippen molar-refractivity contribution < 1.29 is 9.90 Å². The first-order valence-corrected chi connectivity index (χ1v) is 3.55. The summed E-state index contributed by atoms with van der Waals surface area (Å²) in [5.74, 6) is 3.09. The van der Waals surface area contributed by atoms with E-state index < -0.39 is 5.97 Å². The van der Waals surface area contributed by atoms with Gasteiger partial charge in [0.25, 0.3) is 0 Å². The third-order valence-corrected chi connectivity index (χ3v) is 1.47. The molecule has 0 saturated carbocycles. The summed E-state index contributed by atoms with van der Waals surface area (Å²) >= 11 is 0. The first-order chi connectivity index (χ1) is 5.29. The van der Waals surface area contributed by atoms with Crippen LogP contribution in [0.2, 0.25) is 0 Å². The van der Waals surface area contributed by atoms with E-state index in [1.807, 2.05) is 31.0 Å². The van der Waals surface area contributed by atoms with Crippen molar-refractivity contribution in [2.75, 3.05) is 0 Å². The molecule has 1 aromatic heterocycles. The van der Waals surface area contributed by atoms with Gasteiger partial charge < -0.3 is 0 Å². The van der Waals surface area contributed by atoms with Crippen LogP contribution in [0.4, 0.5) is 0 Å². The summed E-state index contributed by atoms with van der Waals surface area (Å²) < 4.78 is 0. The van der Waals surface area contributed by atoms with E-state index in [2.05, 4.69) is 0 Å². The molecule has 1 N–H and O–H groups in total. The van der Waals surface area contributed by atoms with Gasteiger partial charge in [0, 0.05) is 0 Å². The molecule has 0 aromatic carbocycles. The number of hydrogen-bond donors (Lipinski definition) is 1. The molecule has 1 heterocycles. The molecule has 0 bridgehead atoms. The van der Waals surface area contributed by atoms with Crippen LogP contribution in [0.3, 0.4) is 0 Å². The molecule has 2 nitrogen and oxygen atoms in total. The molecule has 3 heteroatoms. The van der Waals surface area contributed by atoms with E-state index in [1.165, 1.54) is 0 Å². The van der Waals surface area contributed by atoms with Crippen molar-refractivity contribution in [3.8, 4) is 0 Å². The fraction of sp³-hybridized carbons (Fsp3) is 0.250. The third kappa shape index (κ3) is 2.98. The maximum atomic E-state index is 10.2. The van der Waals surface area contributed by atoms with Gasteiger partial charge in [-0.05, 0) is 0 Å². The van der Waals surface area contributed by atoms with E-state index in [4.69, 9.17) is 5.11 Å². The average molecular weight is 148 g/mol. The Labute approximate surface area is 66.1 Å². The number of hydrogen-bond acceptors (Lipinski definition) is 1. The van der Waals surface area contributed by atoms with Gasteiger partial charge in [-0.1, -0.05) is 0 Å². The Kier molecular flexibility index (Phi) is 2.84. The van der Waals surface area contributed by atoms with Gasteiger partial charge in [0.05, 0.1) is 0 Å². The van der Waals surface area contributed by atoms with Crippen LogP contribution in [-0.4, -0.2) is 18.0 Å². The van der Waals surface area contributed by atoms with Crippen LogP contribution in [0.25, 0.3) is 0 Å². The maximum absolute atomic E-state index is 10.2. The van der Waals surface area contributed by atoms with E-state index in [0.29, 0.717) is 6.42 Å². The molecule has 0 aliphatic rings. The fourth-order valence-electron chi connectivity index (χ4n) is 0.896. The van der Waals surface area contributed by atoms with Crippen LogP contribution in [0.15, 0.2) is 24.1 Å². The summed E-state index contributed by atoms with van der Waals surface area (Å²) in [5, 5.41) is 8.37. The van der Waals surface area contributed by atoms with Crippen molar-refractivity contribution in [1.82, 2.24) is 0 Å². The predicted molar refractivity (Wildman–Crippen MR) is 43.7 cm³/mol. The molecular formula is C8H9BO2. The van der Waals surface area contributed by atoms with E-state index in [9.17, 15) is 4.79 Å². The second-order valence-electron chi connectivity index (χ2n) is 2.38. The van der Waals surface area contributed by atoms with Crippen LogP contribution in [0.1, 0.15) is 12.0 Å². The monoisotopic (exact) mass is 148 g/mol. The van der Waals surface area contributed by atoms with Gasteiger partial charge in [0.2, 0.25) is 0 Å². The van der Waals surface area contributed by atoms with Crippen LogP contribution < -0.4 is 0 Å². The van der Waals surface area contributed by atoms with Crippen molar-refractivity contribution >= 4 is 12.9 Å². The SMILES string of the molecule is O=C(O)CCc1ccbcc1. The number of aliphatic carboxylic acids is 1. The molecule has 0 atom stereocenters. The van der Waals surface area contributed by atoms with Gasteiger partial charge >= 0.3 is 65.2 Å². The van der Waals surface area contributed by atoms with E-state index in [-0.39, 0.29) is 6.42 Å². The number of carbonyl (C=O) groups is 1. The summed E-state index contributed by atoms with van der Waals surface area (Å²) in [7, 11) is 0. The van der Waals surface area contributed by atoms with Gasteiger partial charge in [0.1, 0.15) is 0 Å². The molecule has 0 unspecified atom stereocenters. The van der Waals surface area contributed by atoms with Gasteiger partial charge in [-0.15, -0.1) is 0 Å². The summed E-state index contributed by atoms with van der Waals surface area (Å²) in [6, 6.07) is 3.87. The predicted octanol–water partition coefficient (Wildman–Crippen LogP) is 1.04. The Balaban J connectivity index is 2.45. The Hall–Kier alpha value is -1.12.